The Hall–Kier alpha value is -1.88. The van der Waals surface area contributed by atoms with Crippen molar-refractivity contribution < 1.29 is 155 Å². The van der Waals surface area contributed by atoms with Crippen LogP contribution in [0.25, 0.3) is 6.08 Å². The van der Waals surface area contributed by atoms with E-state index in [9.17, 15) is 61.7 Å². The summed E-state index contributed by atoms with van der Waals surface area (Å²) in [5, 5.41) is 8.38. The summed E-state index contributed by atoms with van der Waals surface area (Å²) in [7, 11) is -19.8. The van der Waals surface area contributed by atoms with Gasteiger partial charge in [0, 0.05) is 18.2 Å². The quantitative estimate of drug-likeness (QED) is 0.0660. The number of hydrogen-bond acceptors (Lipinski definition) is 17. The molecule has 0 atom stereocenters. The number of benzene rings is 3. The van der Waals surface area contributed by atoms with Gasteiger partial charge in [-0.2, -0.15) is 5.10 Å². The van der Waals surface area contributed by atoms with Crippen LogP contribution < -0.4 is 105 Å². The van der Waals surface area contributed by atoms with Crippen molar-refractivity contribution in [1.82, 2.24) is 0 Å². The molecule has 0 unspecified atom stereocenters. The van der Waals surface area contributed by atoms with Crippen LogP contribution in [-0.4, -0.2) is 83.0 Å². The molecule has 0 spiro atoms. The Bertz CT molecular complexity index is 2440. The van der Waals surface area contributed by atoms with Crippen LogP contribution in [0.3, 0.4) is 0 Å². The first-order chi connectivity index (χ1) is 23.0. The smallest absolute Gasteiger partial charge is 0.744 e. The minimum atomic E-state index is -5.44. The summed E-state index contributed by atoms with van der Waals surface area (Å²) < 4.78 is 132. The van der Waals surface area contributed by atoms with Crippen molar-refractivity contribution in [2.45, 2.75) is 16.7 Å². The van der Waals surface area contributed by atoms with E-state index in [-0.39, 0.29) is 111 Å². The van der Waals surface area contributed by atoms with Gasteiger partial charge in [-0.25, -0.2) is 33.7 Å². The fraction of sp³-hybridized carbons (Fsp3) is 0.111. The van der Waals surface area contributed by atoms with Crippen molar-refractivity contribution in [1.29, 1.82) is 0 Å². The first-order valence-corrected chi connectivity index (χ1v) is 19.2. The zero-order valence-corrected chi connectivity index (χ0v) is 37.2. The molecule has 0 bridgehead atoms. The van der Waals surface area contributed by atoms with Crippen molar-refractivity contribution in [3.05, 3.63) is 82.3 Å². The molecule has 4 rings (SSSR count). The van der Waals surface area contributed by atoms with Crippen LogP contribution in [0, 0.1) is 0 Å². The third kappa shape index (κ3) is 13.4. The molecule has 1 aliphatic rings. The number of amides is 2. The number of ketones is 1. The van der Waals surface area contributed by atoms with Gasteiger partial charge >= 0.3 is 88.7 Å². The number of fused-ring (bicyclic) bond motifs is 1. The number of anilines is 3. The maximum atomic E-state index is 13.4. The van der Waals surface area contributed by atoms with E-state index >= 15 is 0 Å². The van der Waals surface area contributed by atoms with E-state index in [2.05, 4.69) is 25.3 Å². The average Bonchev–Trinajstić information content (AvgIpc) is 2.98. The molecule has 0 aliphatic heterocycles. The van der Waals surface area contributed by atoms with E-state index in [4.69, 9.17) is 0 Å². The first kappa shape index (κ1) is 49.1. The predicted octanol–water partition coefficient (Wildman–Crippen LogP) is -8.39. The van der Waals surface area contributed by atoms with Gasteiger partial charge in [-0.15, -0.1) is 0 Å². The molecule has 0 heterocycles. The number of allylic oxidation sites excluding steroid dienone is 1. The molecule has 0 fully saturated rings. The Balaban J connectivity index is 0.00000468. The molecule has 266 valence electrons. The van der Waals surface area contributed by atoms with Crippen LogP contribution in [0.1, 0.15) is 33.2 Å². The molecule has 19 nitrogen and oxygen atoms in total. The molecule has 0 radical (unpaired) electrons. The van der Waals surface area contributed by atoms with Crippen molar-refractivity contribution >= 4 is 86.9 Å². The summed E-state index contributed by atoms with van der Waals surface area (Å²) in [6.07, 6.45) is 0.623. The van der Waals surface area contributed by atoms with Crippen molar-refractivity contribution in [3.63, 3.8) is 0 Å². The van der Waals surface area contributed by atoms with Crippen LogP contribution in [-0.2, 0) is 49.5 Å². The normalized spacial score (nSPS) is 13.6. The van der Waals surface area contributed by atoms with Gasteiger partial charge in [0.25, 0.3) is 5.91 Å². The summed E-state index contributed by atoms with van der Waals surface area (Å²) in [6, 6.07) is 11.3. The maximum absolute atomic E-state index is 13.4. The molecule has 3 aromatic rings. The zero-order chi connectivity index (χ0) is 37.2. The van der Waals surface area contributed by atoms with Gasteiger partial charge in [0.2, 0.25) is 22.1 Å². The molecule has 0 saturated carbocycles. The largest absolute Gasteiger partial charge is 1.00 e. The van der Waals surface area contributed by atoms with Crippen molar-refractivity contribution in [2.24, 2.45) is 5.10 Å². The first-order valence-electron chi connectivity index (χ1n) is 13.4. The predicted molar refractivity (Wildman–Crippen MR) is 170 cm³/mol. The summed E-state index contributed by atoms with van der Waals surface area (Å²) >= 11 is 0. The van der Waals surface area contributed by atoms with E-state index in [1.54, 1.807) is 0 Å². The number of hydrogen-bond donors (Lipinski definition) is 3. The monoisotopic (exact) mass is 838 g/mol. The summed E-state index contributed by atoms with van der Waals surface area (Å²) in [4.78, 5) is 35.6. The van der Waals surface area contributed by atoms with E-state index in [0.717, 1.165) is 13.0 Å². The molecule has 26 heteroatoms. The molecular weight excluding hydrogens is 818 g/mol. The molecule has 2 amide bonds. The molecule has 0 aromatic heterocycles. The number of hydrazone groups is 1. The van der Waals surface area contributed by atoms with Crippen molar-refractivity contribution in [3.8, 4) is 0 Å². The van der Waals surface area contributed by atoms with Gasteiger partial charge in [0.15, 0.2) is 9.84 Å². The third-order valence-electron chi connectivity index (χ3n) is 6.45. The van der Waals surface area contributed by atoms with E-state index < -0.39 is 103 Å². The number of carbonyl (C=O) groups is 3. The third-order valence-corrected chi connectivity index (χ3v) is 10.2. The van der Waals surface area contributed by atoms with Crippen LogP contribution in [0.4, 0.5) is 17.1 Å². The fourth-order valence-corrected chi connectivity index (χ4v) is 7.03. The van der Waals surface area contributed by atoms with Crippen molar-refractivity contribution in [2.75, 3.05) is 28.4 Å². The van der Waals surface area contributed by atoms with E-state index in [0.29, 0.717) is 18.2 Å². The van der Waals surface area contributed by atoms with Gasteiger partial charge < -0.3 is 24.3 Å². The second kappa shape index (κ2) is 19.3. The molecule has 1 aliphatic carbocycles. The van der Waals surface area contributed by atoms with Gasteiger partial charge in [-0.3, -0.25) is 24.0 Å². The molecule has 3 N–H and O–H groups in total. The number of nitrogens with zero attached hydrogens (tertiary/aromatic N) is 1. The van der Waals surface area contributed by atoms with Crippen LogP contribution in [0.5, 0.6) is 0 Å². The molecular formula is C27H21N4Na3O15S4. The number of Topliss-reactive ketones (excluding diaryl/α,β-unsaturated/α-hetero) is 1. The second-order valence-electron chi connectivity index (χ2n) is 10.0. The number of rotatable bonds is 12. The SMILES string of the molecule is CC(=O)Nc1cc(S(=O)(=O)[O-])cc2c1C(=O)/C(=N/Nc1ccc(C(=O)Nc3cccc(S(=O)(=O)CCOS(=O)(=O)[O-])c3)cc1)C(S(=O)(=O)[O-])=C2.[Na+].[Na+].[Na+]. The number of sulfone groups is 1. The van der Waals surface area contributed by atoms with Gasteiger partial charge in [0.05, 0.1) is 44.0 Å². The summed E-state index contributed by atoms with van der Waals surface area (Å²) in [5.41, 5.74) is 0.106. The summed E-state index contributed by atoms with van der Waals surface area (Å²) in [6.45, 7) is 0.0913. The average molecular weight is 839 g/mol. The Morgan fingerprint density at radius 3 is 1.94 bits per heavy atom. The van der Waals surface area contributed by atoms with Gasteiger partial charge in [0.1, 0.15) is 25.9 Å². The standard InChI is InChI=1S/C27H24N4O15S4.3Na/c1-15(32)28-22-14-21(48(37,38)39)11-17-12-23(49(40,41)42)25(26(33)24(17)22)31-30-18-7-5-16(6-8-18)27(34)29-19-3-2-4-20(13-19)47(35,36)10-9-46-50(43,44)45;;;/h2-8,11-14,30H,9-10H2,1H3,(H,28,32)(H,29,34)(H,37,38,39)(H,40,41,42)(H,43,44,45);;;/q;3*+1/p-3/b31-25+;;;. The van der Waals surface area contributed by atoms with E-state index in [1.807, 2.05) is 0 Å². The second-order valence-corrected chi connectivity index (χ2v) is 15.9. The van der Waals surface area contributed by atoms with Gasteiger partial charge in [-0.05, 0) is 66.2 Å². The molecule has 3 aromatic carbocycles. The Kier molecular flexibility index (Phi) is 17.9. The van der Waals surface area contributed by atoms with Crippen LogP contribution in [0.2, 0.25) is 0 Å². The Labute approximate surface area is 369 Å². The Morgan fingerprint density at radius 1 is 0.774 bits per heavy atom. The van der Waals surface area contributed by atoms with Crippen LogP contribution in [0.15, 0.2) is 80.5 Å². The van der Waals surface area contributed by atoms with Crippen LogP contribution >= 0.6 is 0 Å². The maximum Gasteiger partial charge on any atom is 1.00 e. The molecule has 0 saturated heterocycles. The number of carbonyl (C=O) groups excluding carboxylic acids is 3. The van der Waals surface area contributed by atoms with Gasteiger partial charge in [-0.1, -0.05) is 6.07 Å². The topological polar surface area (TPSA) is 315 Å². The Morgan fingerprint density at radius 2 is 1.40 bits per heavy atom. The fourth-order valence-electron chi connectivity index (χ4n) is 4.32. The summed E-state index contributed by atoms with van der Waals surface area (Å²) in [5.74, 6) is -3.59. The zero-order valence-electron chi connectivity index (χ0n) is 28.0. The minimum Gasteiger partial charge on any atom is -0.744 e. The molecule has 53 heavy (non-hydrogen) atoms. The minimum absolute atomic E-state index is 0. The van der Waals surface area contributed by atoms with E-state index in [1.165, 1.54) is 42.5 Å². The number of nitrogens with one attached hydrogen (secondary N) is 3.